The normalized spacial score (nSPS) is 10.4. The van der Waals surface area contributed by atoms with Gasteiger partial charge in [-0.2, -0.15) is 0 Å². The predicted molar refractivity (Wildman–Crippen MR) is 53.9 cm³/mol. The Bertz CT molecular complexity index is 479. The molecule has 0 saturated heterocycles. The van der Waals surface area contributed by atoms with Gasteiger partial charge in [-0.05, 0) is 19.1 Å². The van der Waals surface area contributed by atoms with E-state index < -0.39 is 0 Å². The first kappa shape index (κ1) is 8.81. The molecule has 1 heterocycles. The van der Waals surface area contributed by atoms with E-state index in [9.17, 15) is 4.79 Å². The minimum absolute atomic E-state index is 0.106. The molecule has 0 unspecified atom stereocenters. The Balaban J connectivity index is 2.46. The van der Waals surface area contributed by atoms with E-state index in [1.807, 2.05) is 24.3 Å². The molecule has 0 aliphatic carbocycles. The van der Waals surface area contributed by atoms with E-state index in [1.165, 1.54) is 0 Å². The molecule has 14 heavy (non-hydrogen) atoms. The second kappa shape index (κ2) is 3.54. The highest BCUT2D eigenvalue weighted by atomic mass is 16.1. The standard InChI is InChI=1S/C11H10N2O/c1-8(14)6-9-7-12-10-4-2-3-5-11(10)13-9/h2-5,7H,6H2,1H3. The molecule has 70 valence electrons. The molecule has 0 N–H and O–H groups in total. The molecule has 0 aliphatic rings. The van der Waals surface area contributed by atoms with Crippen LogP contribution in [0, 0.1) is 0 Å². The number of carbonyl (C=O) groups is 1. The molecule has 3 heteroatoms. The Hall–Kier alpha value is -1.77. The molecule has 0 aliphatic heterocycles. The number of Topliss-reactive ketones (excluding diaryl/α,β-unsaturated/α-hetero) is 1. The number of fused-ring (bicyclic) bond motifs is 1. The second-order valence-corrected chi connectivity index (χ2v) is 3.23. The van der Waals surface area contributed by atoms with E-state index in [4.69, 9.17) is 0 Å². The number of carbonyl (C=O) groups excluding carboxylic acids is 1. The van der Waals surface area contributed by atoms with Gasteiger partial charge in [-0.3, -0.25) is 9.78 Å². The number of ketones is 1. The van der Waals surface area contributed by atoms with Gasteiger partial charge in [0.25, 0.3) is 0 Å². The van der Waals surface area contributed by atoms with E-state index in [0.29, 0.717) is 6.42 Å². The lowest BCUT2D eigenvalue weighted by Crippen LogP contribution is -2.00. The van der Waals surface area contributed by atoms with Gasteiger partial charge in [0.1, 0.15) is 5.78 Å². The van der Waals surface area contributed by atoms with Gasteiger partial charge in [0.2, 0.25) is 0 Å². The Morgan fingerprint density at radius 3 is 2.71 bits per heavy atom. The van der Waals surface area contributed by atoms with Crippen LogP contribution in [0.4, 0.5) is 0 Å². The SMILES string of the molecule is CC(=O)Cc1cnc2ccccc2n1. The van der Waals surface area contributed by atoms with Crippen molar-refractivity contribution in [1.29, 1.82) is 0 Å². The minimum Gasteiger partial charge on any atom is -0.300 e. The highest BCUT2D eigenvalue weighted by Crippen LogP contribution is 2.08. The summed E-state index contributed by atoms with van der Waals surface area (Å²) in [6, 6.07) is 7.63. The molecule has 0 amide bonds. The first-order valence-electron chi connectivity index (χ1n) is 4.46. The zero-order valence-corrected chi connectivity index (χ0v) is 7.90. The van der Waals surface area contributed by atoms with Crippen LogP contribution in [0.25, 0.3) is 11.0 Å². The summed E-state index contributed by atoms with van der Waals surface area (Å²) in [5.74, 6) is 0.106. The Labute approximate surface area is 81.8 Å². The van der Waals surface area contributed by atoms with E-state index >= 15 is 0 Å². The molecule has 1 aromatic heterocycles. The van der Waals surface area contributed by atoms with Crippen LogP contribution in [0.5, 0.6) is 0 Å². The van der Waals surface area contributed by atoms with E-state index in [0.717, 1.165) is 16.7 Å². The molecule has 1 aromatic carbocycles. The molecule has 0 fully saturated rings. The number of hydrogen-bond acceptors (Lipinski definition) is 3. The van der Waals surface area contributed by atoms with Gasteiger partial charge >= 0.3 is 0 Å². The Morgan fingerprint density at radius 1 is 1.29 bits per heavy atom. The molecule has 2 aromatic rings. The summed E-state index contributed by atoms with van der Waals surface area (Å²) in [7, 11) is 0. The number of rotatable bonds is 2. The number of aromatic nitrogens is 2. The molecular weight excluding hydrogens is 176 g/mol. The first-order chi connectivity index (χ1) is 6.75. The molecule has 3 nitrogen and oxygen atoms in total. The quantitative estimate of drug-likeness (QED) is 0.717. The van der Waals surface area contributed by atoms with Gasteiger partial charge in [0.15, 0.2) is 0 Å². The first-order valence-corrected chi connectivity index (χ1v) is 4.46. The summed E-state index contributed by atoms with van der Waals surface area (Å²) in [6.45, 7) is 1.55. The van der Waals surface area contributed by atoms with Crippen molar-refractivity contribution < 1.29 is 4.79 Å². The number of benzene rings is 1. The van der Waals surface area contributed by atoms with Crippen molar-refractivity contribution in [3.63, 3.8) is 0 Å². The van der Waals surface area contributed by atoms with Crippen molar-refractivity contribution in [2.24, 2.45) is 0 Å². The highest BCUT2D eigenvalue weighted by Gasteiger charge is 2.01. The topological polar surface area (TPSA) is 42.9 Å². The van der Waals surface area contributed by atoms with Crippen LogP contribution >= 0.6 is 0 Å². The fourth-order valence-corrected chi connectivity index (χ4v) is 1.34. The van der Waals surface area contributed by atoms with Crippen LogP contribution < -0.4 is 0 Å². The Morgan fingerprint density at radius 2 is 2.00 bits per heavy atom. The summed E-state index contributed by atoms with van der Waals surface area (Å²) in [4.78, 5) is 19.4. The lowest BCUT2D eigenvalue weighted by atomic mass is 10.2. The van der Waals surface area contributed by atoms with E-state index in [-0.39, 0.29) is 5.78 Å². The summed E-state index contributed by atoms with van der Waals surface area (Å²) >= 11 is 0. The Kier molecular flexibility index (Phi) is 2.23. The lowest BCUT2D eigenvalue weighted by Gasteiger charge is -1.99. The number of hydrogen-bond donors (Lipinski definition) is 0. The average molecular weight is 186 g/mol. The molecule has 0 radical (unpaired) electrons. The minimum atomic E-state index is 0.106. The molecule has 0 spiro atoms. The highest BCUT2D eigenvalue weighted by molar-refractivity contribution is 5.79. The fraction of sp³-hybridized carbons (Fsp3) is 0.182. The van der Waals surface area contributed by atoms with Gasteiger partial charge in [0.05, 0.1) is 16.7 Å². The molecule has 2 rings (SSSR count). The third-order valence-corrected chi connectivity index (χ3v) is 1.93. The maximum Gasteiger partial charge on any atom is 0.135 e. The second-order valence-electron chi connectivity index (χ2n) is 3.23. The summed E-state index contributed by atoms with van der Waals surface area (Å²) < 4.78 is 0. The van der Waals surface area contributed by atoms with Crippen LogP contribution in [-0.4, -0.2) is 15.8 Å². The van der Waals surface area contributed by atoms with Crippen molar-refractivity contribution in [2.45, 2.75) is 13.3 Å². The van der Waals surface area contributed by atoms with E-state index in [1.54, 1.807) is 13.1 Å². The largest absolute Gasteiger partial charge is 0.300 e. The zero-order valence-electron chi connectivity index (χ0n) is 7.90. The lowest BCUT2D eigenvalue weighted by molar-refractivity contribution is -0.116. The predicted octanol–water partition coefficient (Wildman–Crippen LogP) is 1.76. The maximum atomic E-state index is 10.9. The number of para-hydroxylation sites is 2. The smallest absolute Gasteiger partial charge is 0.135 e. The van der Waals surface area contributed by atoms with Crippen molar-refractivity contribution >= 4 is 16.8 Å². The van der Waals surface area contributed by atoms with Crippen LogP contribution in [0.2, 0.25) is 0 Å². The van der Waals surface area contributed by atoms with Crippen LogP contribution in [0.1, 0.15) is 12.6 Å². The van der Waals surface area contributed by atoms with Gasteiger partial charge < -0.3 is 0 Å². The molecule has 0 atom stereocenters. The van der Waals surface area contributed by atoms with Crippen molar-refractivity contribution in [3.8, 4) is 0 Å². The van der Waals surface area contributed by atoms with Gasteiger partial charge in [-0.25, -0.2) is 4.98 Å². The van der Waals surface area contributed by atoms with Crippen LogP contribution in [-0.2, 0) is 11.2 Å². The number of nitrogens with zero attached hydrogens (tertiary/aromatic N) is 2. The monoisotopic (exact) mass is 186 g/mol. The van der Waals surface area contributed by atoms with E-state index in [2.05, 4.69) is 9.97 Å². The van der Waals surface area contributed by atoms with Gasteiger partial charge in [0, 0.05) is 12.6 Å². The molecular formula is C11H10N2O. The third-order valence-electron chi connectivity index (χ3n) is 1.93. The van der Waals surface area contributed by atoms with Crippen LogP contribution in [0.15, 0.2) is 30.5 Å². The van der Waals surface area contributed by atoms with Crippen molar-refractivity contribution in [3.05, 3.63) is 36.2 Å². The van der Waals surface area contributed by atoms with Crippen molar-refractivity contribution in [2.75, 3.05) is 0 Å². The zero-order chi connectivity index (χ0) is 9.97. The van der Waals surface area contributed by atoms with Gasteiger partial charge in [-0.1, -0.05) is 12.1 Å². The summed E-state index contributed by atoms with van der Waals surface area (Å²) in [5.41, 5.74) is 2.43. The van der Waals surface area contributed by atoms with Crippen LogP contribution in [0.3, 0.4) is 0 Å². The van der Waals surface area contributed by atoms with Gasteiger partial charge in [-0.15, -0.1) is 0 Å². The summed E-state index contributed by atoms with van der Waals surface area (Å²) in [6.07, 6.45) is 2.02. The van der Waals surface area contributed by atoms with Crippen molar-refractivity contribution in [1.82, 2.24) is 9.97 Å². The summed E-state index contributed by atoms with van der Waals surface area (Å²) in [5, 5.41) is 0. The fourth-order valence-electron chi connectivity index (χ4n) is 1.34. The molecule has 0 saturated carbocycles. The third kappa shape index (κ3) is 1.76. The average Bonchev–Trinajstić information content (AvgIpc) is 2.17. The molecule has 0 bridgehead atoms. The maximum absolute atomic E-state index is 10.9.